The fourth-order valence-electron chi connectivity index (χ4n) is 2.06. The predicted octanol–water partition coefficient (Wildman–Crippen LogP) is 0.982. The Morgan fingerprint density at radius 3 is 2.59 bits per heavy atom. The van der Waals surface area contributed by atoms with Crippen LogP contribution in [0.2, 0.25) is 0 Å². The molecule has 1 aliphatic rings. The van der Waals surface area contributed by atoms with Crippen LogP contribution in [0.1, 0.15) is 26.7 Å². The highest BCUT2D eigenvalue weighted by atomic mass is 16.5. The van der Waals surface area contributed by atoms with E-state index in [9.17, 15) is 9.59 Å². The fraction of sp³-hybridized carbons (Fsp3) is 0.833. The number of hydrogen-bond acceptors (Lipinski definition) is 3. The zero-order valence-electron chi connectivity index (χ0n) is 10.5. The van der Waals surface area contributed by atoms with Crippen LogP contribution in [0.15, 0.2) is 0 Å². The molecule has 0 saturated carbocycles. The largest absolute Gasteiger partial charge is 0.481 e. The topological polar surface area (TPSA) is 66.8 Å². The molecule has 0 aliphatic carbocycles. The van der Waals surface area contributed by atoms with Crippen molar-refractivity contribution in [2.75, 3.05) is 26.3 Å². The lowest BCUT2D eigenvalue weighted by molar-refractivity contribution is -0.142. The Morgan fingerprint density at radius 2 is 2.06 bits per heavy atom. The molecule has 1 N–H and O–H groups in total. The minimum atomic E-state index is -0.810. The van der Waals surface area contributed by atoms with Gasteiger partial charge in [-0.05, 0) is 12.3 Å². The first-order valence-corrected chi connectivity index (χ1v) is 6.14. The quantitative estimate of drug-likeness (QED) is 0.706. The van der Waals surface area contributed by atoms with E-state index in [-0.39, 0.29) is 11.8 Å². The summed E-state index contributed by atoms with van der Waals surface area (Å²) in [4.78, 5) is 24.3. The number of ether oxygens (including phenoxy) is 1. The molecule has 0 bridgehead atoms. The normalized spacial score (nSPS) is 24.0. The van der Waals surface area contributed by atoms with Crippen LogP contribution in [-0.2, 0) is 14.3 Å². The molecule has 1 fully saturated rings. The van der Waals surface area contributed by atoms with E-state index in [1.165, 1.54) is 0 Å². The van der Waals surface area contributed by atoms with Gasteiger partial charge in [0.05, 0.1) is 18.9 Å². The molecule has 0 unspecified atom stereocenters. The summed E-state index contributed by atoms with van der Waals surface area (Å²) in [7, 11) is 0. The van der Waals surface area contributed by atoms with Crippen LogP contribution in [-0.4, -0.2) is 48.2 Å². The minimum absolute atomic E-state index is 0.00305. The van der Waals surface area contributed by atoms with Crippen molar-refractivity contribution in [3.63, 3.8) is 0 Å². The highest BCUT2D eigenvalue weighted by Gasteiger charge is 2.36. The molecule has 0 aromatic rings. The predicted molar refractivity (Wildman–Crippen MR) is 62.6 cm³/mol. The van der Waals surface area contributed by atoms with E-state index in [2.05, 4.69) is 0 Å². The maximum Gasteiger partial charge on any atom is 0.308 e. The Labute approximate surface area is 102 Å². The molecule has 0 spiro atoms. The van der Waals surface area contributed by atoms with Crippen LogP contribution in [0.4, 0.5) is 0 Å². The fourth-order valence-corrected chi connectivity index (χ4v) is 2.06. The number of carboxylic acids is 1. The summed E-state index contributed by atoms with van der Waals surface area (Å²) in [6, 6.07) is 0. The number of amides is 1. The van der Waals surface area contributed by atoms with Crippen molar-refractivity contribution in [3.8, 4) is 0 Å². The van der Waals surface area contributed by atoms with Crippen molar-refractivity contribution in [2.45, 2.75) is 26.7 Å². The molecular weight excluding hydrogens is 222 g/mol. The van der Waals surface area contributed by atoms with Gasteiger partial charge in [-0.3, -0.25) is 9.59 Å². The third kappa shape index (κ3) is 4.00. The first kappa shape index (κ1) is 14.0. The molecule has 2 atom stereocenters. The molecule has 0 aromatic carbocycles. The van der Waals surface area contributed by atoms with E-state index in [0.29, 0.717) is 32.7 Å². The van der Waals surface area contributed by atoms with E-state index in [1.54, 1.807) is 4.90 Å². The molecule has 1 heterocycles. The lowest BCUT2D eigenvalue weighted by atomic mass is 9.99. The Kier molecular flexibility index (Phi) is 5.41. The molecule has 1 aliphatic heterocycles. The second kappa shape index (κ2) is 6.59. The smallest absolute Gasteiger partial charge is 0.308 e. The maximum absolute atomic E-state index is 11.8. The third-order valence-electron chi connectivity index (χ3n) is 3.09. The number of carboxylic acid groups (broad SMARTS) is 1. The van der Waals surface area contributed by atoms with Gasteiger partial charge >= 0.3 is 5.97 Å². The van der Waals surface area contributed by atoms with E-state index < -0.39 is 11.9 Å². The Bertz CT molecular complexity index is 280. The van der Waals surface area contributed by atoms with Crippen LogP contribution < -0.4 is 0 Å². The number of carbonyl (C=O) groups excluding carboxylic acids is 1. The van der Waals surface area contributed by atoms with E-state index in [0.717, 1.165) is 6.42 Å². The maximum atomic E-state index is 11.8. The number of aliphatic carboxylic acids is 1. The number of hydrogen-bond donors (Lipinski definition) is 1. The Balaban J connectivity index is 2.32. The van der Waals surface area contributed by atoms with Gasteiger partial charge in [-0.2, -0.15) is 0 Å². The summed E-state index contributed by atoms with van der Waals surface area (Å²) in [5.74, 6) is -1.20. The van der Waals surface area contributed by atoms with Crippen molar-refractivity contribution in [2.24, 2.45) is 11.8 Å². The van der Waals surface area contributed by atoms with Crippen molar-refractivity contribution in [1.82, 2.24) is 4.90 Å². The molecule has 0 aromatic heterocycles. The van der Waals surface area contributed by atoms with Gasteiger partial charge in [0.1, 0.15) is 0 Å². The Hall–Kier alpha value is -1.10. The van der Waals surface area contributed by atoms with Crippen molar-refractivity contribution in [3.05, 3.63) is 0 Å². The molecule has 1 saturated heterocycles. The average Bonchev–Trinajstić information content (AvgIpc) is 2.66. The highest BCUT2D eigenvalue weighted by molar-refractivity contribution is 5.79. The molecular formula is C12H21NO4. The third-order valence-corrected chi connectivity index (χ3v) is 3.09. The van der Waals surface area contributed by atoms with Gasteiger partial charge in [0.2, 0.25) is 5.91 Å². The van der Waals surface area contributed by atoms with Gasteiger partial charge in [-0.25, -0.2) is 0 Å². The van der Waals surface area contributed by atoms with Crippen LogP contribution in [0.5, 0.6) is 0 Å². The molecule has 17 heavy (non-hydrogen) atoms. The zero-order valence-corrected chi connectivity index (χ0v) is 10.5. The van der Waals surface area contributed by atoms with Crippen LogP contribution in [0.25, 0.3) is 0 Å². The first-order valence-electron chi connectivity index (χ1n) is 6.14. The number of rotatable bonds is 6. The van der Waals surface area contributed by atoms with Crippen LogP contribution in [0, 0.1) is 11.8 Å². The summed E-state index contributed by atoms with van der Waals surface area (Å²) >= 11 is 0. The molecule has 0 radical (unpaired) electrons. The molecule has 5 heteroatoms. The van der Waals surface area contributed by atoms with Gasteiger partial charge < -0.3 is 14.7 Å². The zero-order chi connectivity index (χ0) is 12.8. The van der Waals surface area contributed by atoms with Gasteiger partial charge in [-0.1, -0.05) is 13.8 Å². The van der Waals surface area contributed by atoms with E-state index in [4.69, 9.17) is 9.84 Å². The Morgan fingerprint density at radius 1 is 1.35 bits per heavy atom. The van der Waals surface area contributed by atoms with Gasteiger partial charge in [-0.15, -0.1) is 0 Å². The molecule has 5 nitrogen and oxygen atoms in total. The molecule has 1 rings (SSSR count). The summed E-state index contributed by atoms with van der Waals surface area (Å²) in [6.45, 7) is 5.87. The lowest BCUT2D eigenvalue weighted by Crippen LogP contribution is -2.30. The first-order chi connectivity index (χ1) is 8.06. The number of likely N-dealkylation sites (tertiary alicyclic amines) is 1. The lowest BCUT2D eigenvalue weighted by Gasteiger charge is -2.15. The summed E-state index contributed by atoms with van der Waals surface area (Å²) in [6.07, 6.45) is 1.29. The van der Waals surface area contributed by atoms with Gasteiger partial charge in [0.15, 0.2) is 0 Å². The second-order valence-electron chi connectivity index (χ2n) is 4.58. The second-order valence-corrected chi connectivity index (χ2v) is 4.58. The number of carbonyl (C=O) groups is 2. The highest BCUT2D eigenvalue weighted by Crippen LogP contribution is 2.23. The molecule has 1 amide bonds. The summed E-state index contributed by atoms with van der Waals surface area (Å²) in [5, 5.41) is 8.97. The van der Waals surface area contributed by atoms with E-state index in [1.807, 2.05) is 13.8 Å². The summed E-state index contributed by atoms with van der Waals surface area (Å²) in [5.41, 5.74) is 0. The van der Waals surface area contributed by atoms with Crippen LogP contribution >= 0.6 is 0 Å². The summed E-state index contributed by atoms with van der Waals surface area (Å²) < 4.78 is 5.25. The number of nitrogens with zero attached hydrogens (tertiary/aromatic N) is 1. The van der Waals surface area contributed by atoms with Gasteiger partial charge in [0.25, 0.3) is 0 Å². The van der Waals surface area contributed by atoms with Crippen molar-refractivity contribution >= 4 is 11.9 Å². The standard InChI is InChI=1S/C12H21NO4/c1-3-5-17-6-4-11(14)13-7-9(2)10(8-13)12(15)16/h9-10H,3-8H2,1-2H3,(H,15,16)/t9-,10-/m1/s1. The average molecular weight is 243 g/mol. The van der Waals surface area contributed by atoms with E-state index >= 15 is 0 Å². The van der Waals surface area contributed by atoms with Gasteiger partial charge in [0, 0.05) is 19.7 Å². The van der Waals surface area contributed by atoms with Crippen LogP contribution in [0.3, 0.4) is 0 Å². The minimum Gasteiger partial charge on any atom is -0.481 e. The van der Waals surface area contributed by atoms with Crippen molar-refractivity contribution < 1.29 is 19.4 Å². The SMILES string of the molecule is CCCOCCC(=O)N1C[C@@H](C)[C@H](C(=O)O)C1. The molecule has 98 valence electrons. The monoisotopic (exact) mass is 243 g/mol. The van der Waals surface area contributed by atoms with Crippen molar-refractivity contribution in [1.29, 1.82) is 0 Å².